The lowest BCUT2D eigenvalue weighted by Crippen LogP contribution is -2.08. The number of hydrogen-bond donors (Lipinski definition) is 1. The van der Waals surface area contributed by atoms with Crippen LogP contribution < -0.4 is 4.74 Å². The predicted octanol–water partition coefficient (Wildman–Crippen LogP) is 4.18. The minimum Gasteiger partial charge on any atom is -0.488 e. The van der Waals surface area contributed by atoms with Gasteiger partial charge in [0, 0.05) is 11.6 Å². The Morgan fingerprint density at radius 2 is 1.65 bits per heavy atom. The molecule has 132 valence electrons. The molecule has 0 saturated heterocycles. The van der Waals surface area contributed by atoms with Crippen LogP contribution in [-0.2, 0) is 11.3 Å². The molecular formula is C21H17FO4. The number of hydrogen-bond acceptors (Lipinski definition) is 4. The van der Waals surface area contributed by atoms with E-state index in [1.807, 2.05) is 30.3 Å². The van der Waals surface area contributed by atoms with E-state index in [1.54, 1.807) is 30.3 Å². The molecule has 26 heavy (non-hydrogen) atoms. The van der Waals surface area contributed by atoms with Crippen molar-refractivity contribution in [1.82, 2.24) is 0 Å². The molecule has 0 aliphatic rings. The second-order valence-corrected chi connectivity index (χ2v) is 5.52. The lowest BCUT2D eigenvalue weighted by molar-refractivity contribution is 0.00692. The Morgan fingerprint density at radius 1 is 0.923 bits per heavy atom. The summed E-state index contributed by atoms with van der Waals surface area (Å²) < 4.78 is 24.3. The van der Waals surface area contributed by atoms with Crippen molar-refractivity contribution < 1.29 is 23.8 Å². The highest BCUT2D eigenvalue weighted by atomic mass is 19.1. The first-order valence-electron chi connectivity index (χ1n) is 8.02. The minimum atomic E-state index is -0.714. The monoisotopic (exact) mass is 352 g/mol. The van der Waals surface area contributed by atoms with Gasteiger partial charge in [-0.3, -0.25) is 0 Å². The molecule has 0 bridgehead atoms. The van der Waals surface area contributed by atoms with Crippen molar-refractivity contribution in [2.75, 3.05) is 6.79 Å². The lowest BCUT2D eigenvalue weighted by Gasteiger charge is -2.14. The molecule has 5 heteroatoms. The molecular weight excluding hydrogens is 335 g/mol. The highest BCUT2D eigenvalue weighted by Crippen LogP contribution is 2.34. The van der Waals surface area contributed by atoms with Gasteiger partial charge in [-0.05, 0) is 29.3 Å². The summed E-state index contributed by atoms with van der Waals surface area (Å²) in [6.45, 7) is -0.450. The van der Waals surface area contributed by atoms with Crippen LogP contribution in [0.1, 0.15) is 15.9 Å². The number of esters is 1. The smallest absolute Gasteiger partial charge is 0.340 e. The molecule has 0 unspecified atom stereocenters. The fourth-order valence-electron chi connectivity index (χ4n) is 2.61. The van der Waals surface area contributed by atoms with Crippen LogP contribution in [0.15, 0.2) is 72.8 Å². The van der Waals surface area contributed by atoms with Crippen LogP contribution in [0, 0.1) is 5.82 Å². The normalized spacial score (nSPS) is 10.4. The highest BCUT2D eigenvalue weighted by molar-refractivity contribution is 5.98. The van der Waals surface area contributed by atoms with E-state index in [-0.39, 0.29) is 12.2 Å². The van der Waals surface area contributed by atoms with E-state index < -0.39 is 18.6 Å². The number of halogens is 1. The second-order valence-electron chi connectivity index (χ2n) is 5.52. The van der Waals surface area contributed by atoms with Gasteiger partial charge in [0.2, 0.25) is 0 Å². The Hall–Kier alpha value is -3.18. The molecule has 1 N–H and O–H groups in total. The van der Waals surface area contributed by atoms with Crippen molar-refractivity contribution >= 4 is 5.97 Å². The molecule has 3 aromatic carbocycles. The number of carbonyl (C=O) groups is 1. The SMILES string of the molecule is O=C(OCO)c1ccccc1-c1ccc(F)cc1OCc1ccccc1. The van der Waals surface area contributed by atoms with Crippen molar-refractivity contribution in [1.29, 1.82) is 0 Å². The van der Waals surface area contributed by atoms with Gasteiger partial charge in [-0.2, -0.15) is 0 Å². The number of carbonyl (C=O) groups excluding carboxylic acids is 1. The molecule has 0 aliphatic heterocycles. The Morgan fingerprint density at radius 3 is 2.42 bits per heavy atom. The van der Waals surface area contributed by atoms with Crippen molar-refractivity contribution in [3.05, 3.63) is 89.7 Å². The fourth-order valence-corrected chi connectivity index (χ4v) is 2.61. The molecule has 0 fully saturated rings. The third-order valence-corrected chi connectivity index (χ3v) is 3.81. The predicted molar refractivity (Wildman–Crippen MR) is 95.1 cm³/mol. The van der Waals surface area contributed by atoms with Crippen LogP contribution in [0.3, 0.4) is 0 Å². The molecule has 0 amide bonds. The largest absolute Gasteiger partial charge is 0.488 e. The Balaban J connectivity index is 1.97. The summed E-state index contributed by atoms with van der Waals surface area (Å²) in [5.41, 5.74) is 2.30. The number of rotatable bonds is 6. The Kier molecular flexibility index (Phi) is 5.61. The number of aliphatic hydroxyl groups is 1. The summed E-state index contributed by atoms with van der Waals surface area (Å²) in [5, 5.41) is 8.84. The van der Waals surface area contributed by atoms with Crippen molar-refractivity contribution in [2.45, 2.75) is 6.61 Å². The summed E-state index contributed by atoms with van der Waals surface area (Å²) >= 11 is 0. The van der Waals surface area contributed by atoms with E-state index in [0.717, 1.165) is 5.56 Å². The number of benzene rings is 3. The van der Waals surface area contributed by atoms with Crippen molar-refractivity contribution in [2.24, 2.45) is 0 Å². The van der Waals surface area contributed by atoms with Crippen LogP contribution in [0.2, 0.25) is 0 Å². The van der Waals surface area contributed by atoms with Gasteiger partial charge in [0.25, 0.3) is 0 Å². The van der Waals surface area contributed by atoms with Crippen LogP contribution in [0.5, 0.6) is 5.75 Å². The number of ether oxygens (including phenoxy) is 2. The first-order valence-corrected chi connectivity index (χ1v) is 8.02. The topological polar surface area (TPSA) is 55.8 Å². The molecule has 0 atom stereocenters. The molecule has 0 aliphatic carbocycles. The maximum Gasteiger partial charge on any atom is 0.340 e. The zero-order valence-electron chi connectivity index (χ0n) is 13.9. The van der Waals surface area contributed by atoms with Gasteiger partial charge in [-0.1, -0.05) is 48.5 Å². The number of aliphatic hydroxyl groups excluding tert-OH is 1. The summed E-state index contributed by atoms with van der Waals surface area (Å²) in [4.78, 5) is 12.1. The van der Waals surface area contributed by atoms with Crippen LogP contribution in [0.25, 0.3) is 11.1 Å². The Labute approximate surface area is 150 Å². The maximum atomic E-state index is 13.8. The highest BCUT2D eigenvalue weighted by Gasteiger charge is 2.17. The molecule has 0 spiro atoms. The molecule has 0 aromatic heterocycles. The van der Waals surface area contributed by atoms with Crippen molar-refractivity contribution in [3.63, 3.8) is 0 Å². The van der Waals surface area contributed by atoms with E-state index in [2.05, 4.69) is 4.74 Å². The zero-order chi connectivity index (χ0) is 18.4. The molecule has 3 rings (SSSR count). The quantitative estimate of drug-likeness (QED) is 0.534. The fraction of sp³-hybridized carbons (Fsp3) is 0.0952. The second kappa shape index (κ2) is 8.27. The lowest BCUT2D eigenvalue weighted by atomic mass is 9.98. The van der Waals surface area contributed by atoms with Gasteiger partial charge in [-0.15, -0.1) is 0 Å². The van der Waals surface area contributed by atoms with Gasteiger partial charge in [0.05, 0.1) is 5.56 Å². The van der Waals surface area contributed by atoms with E-state index in [1.165, 1.54) is 12.1 Å². The van der Waals surface area contributed by atoms with Gasteiger partial charge < -0.3 is 14.6 Å². The average molecular weight is 352 g/mol. The third-order valence-electron chi connectivity index (χ3n) is 3.81. The summed E-state index contributed by atoms with van der Waals surface area (Å²) in [6, 6.07) is 20.4. The van der Waals surface area contributed by atoms with Gasteiger partial charge in [-0.25, -0.2) is 9.18 Å². The van der Waals surface area contributed by atoms with E-state index in [4.69, 9.17) is 9.84 Å². The molecule has 0 heterocycles. The molecule has 4 nitrogen and oxygen atoms in total. The third kappa shape index (κ3) is 4.07. The zero-order valence-corrected chi connectivity index (χ0v) is 13.9. The molecule has 0 saturated carbocycles. The van der Waals surface area contributed by atoms with E-state index >= 15 is 0 Å². The maximum absolute atomic E-state index is 13.8. The van der Waals surface area contributed by atoms with E-state index in [0.29, 0.717) is 16.9 Å². The van der Waals surface area contributed by atoms with Gasteiger partial charge in [0.1, 0.15) is 18.2 Å². The van der Waals surface area contributed by atoms with Crippen LogP contribution in [0.4, 0.5) is 4.39 Å². The van der Waals surface area contributed by atoms with Crippen LogP contribution in [-0.4, -0.2) is 17.9 Å². The first-order chi connectivity index (χ1) is 12.7. The Bertz CT molecular complexity index is 894. The van der Waals surface area contributed by atoms with Gasteiger partial charge >= 0.3 is 5.97 Å². The molecule has 0 radical (unpaired) electrons. The summed E-state index contributed by atoms with van der Waals surface area (Å²) in [6.07, 6.45) is 0. The standard InChI is InChI=1S/C21H17FO4/c22-16-10-11-18(17-8-4-5-9-19(17)21(24)26-14-23)20(12-16)25-13-15-6-2-1-3-7-15/h1-12,23H,13-14H2. The average Bonchev–Trinajstić information content (AvgIpc) is 2.67. The first kappa shape index (κ1) is 17.6. The van der Waals surface area contributed by atoms with Crippen molar-refractivity contribution in [3.8, 4) is 16.9 Å². The molecule has 3 aromatic rings. The summed E-state index contributed by atoms with van der Waals surface area (Å²) in [5.74, 6) is -0.785. The minimum absolute atomic E-state index is 0.262. The summed E-state index contributed by atoms with van der Waals surface area (Å²) in [7, 11) is 0. The van der Waals surface area contributed by atoms with Gasteiger partial charge in [0.15, 0.2) is 6.79 Å². The van der Waals surface area contributed by atoms with E-state index in [9.17, 15) is 9.18 Å². The van der Waals surface area contributed by atoms with Crippen LogP contribution >= 0.6 is 0 Å².